The molecular weight excluding hydrogens is 286 g/mol. The third kappa shape index (κ3) is 2.30. The first kappa shape index (κ1) is 12.8. The highest BCUT2D eigenvalue weighted by Gasteiger charge is 2.19. The second kappa shape index (κ2) is 5.05. The first-order valence-electron chi connectivity index (χ1n) is 5.94. The predicted octanol–water partition coefficient (Wildman–Crippen LogP) is 2.85. The monoisotopic (exact) mass is 295 g/mol. The van der Waals surface area contributed by atoms with E-state index in [-0.39, 0.29) is 5.76 Å². The standard InChI is InChI=1S/C13H10ClNO5/c14-8-5-11-10(18-2-1-3-19-11)4-7(8)9-6-12(13(16)17)20-15-9/h4-6H,1-3H2,(H,16,17). The lowest BCUT2D eigenvalue weighted by atomic mass is 10.1. The zero-order valence-electron chi connectivity index (χ0n) is 10.3. The maximum atomic E-state index is 10.8. The van der Waals surface area contributed by atoms with Crippen molar-refractivity contribution in [3.8, 4) is 22.8 Å². The first-order chi connectivity index (χ1) is 9.65. The van der Waals surface area contributed by atoms with Crippen LogP contribution in [-0.2, 0) is 0 Å². The summed E-state index contributed by atoms with van der Waals surface area (Å²) in [5, 5.41) is 12.9. The molecule has 1 aromatic carbocycles. The number of carbonyl (C=O) groups is 1. The first-order valence-corrected chi connectivity index (χ1v) is 6.32. The molecule has 7 heteroatoms. The van der Waals surface area contributed by atoms with Crippen LogP contribution in [0.3, 0.4) is 0 Å². The molecule has 2 aromatic rings. The van der Waals surface area contributed by atoms with E-state index in [9.17, 15) is 4.79 Å². The van der Waals surface area contributed by atoms with Crippen molar-refractivity contribution in [3.63, 3.8) is 0 Å². The average Bonchev–Trinajstić information content (AvgIpc) is 2.79. The number of nitrogens with zero attached hydrogens (tertiary/aromatic N) is 1. The molecule has 1 aliphatic heterocycles. The van der Waals surface area contributed by atoms with E-state index in [0.29, 0.717) is 41.0 Å². The van der Waals surface area contributed by atoms with Gasteiger partial charge >= 0.3 is 5.97 Å². The van der Waals surface area contributed by atoms with E-state index in [4.69, 9.17) is 30.7 Å². The van der Waals surface area contributed by atoms with Gasteiger partial charge in [0.05, 0.1) is 18.2 Å². The van der Waals surface area contributed by atoms with Gasteiger partial charge in [-0.2, -0.15) is 0 Å². The van der Waals surface area contributed by atoms with Crippen LogP contribution in [0.1, 0.15) is 17.0 Å². The van der Waals surface area contributed by atoms with Crippen molar-refractivity contribution in [1.29, 1.82) is 0 Å². The molecular formula is C13H10ClNO5. The molecule has 3 rings (SSSR count). The molecule has 20 heavy (non-hydrogen) atoms. The van der Waals surface area contributed by atoms with Crippen molar-refractivity contribution in [2.24, 2.45) is 0 Å². The Kier molecular flexibility index (Phi) is 3.23. The van der Waals surface area contributed by atoms with Gasteiger partial charge < -0.3 is 19.1 Å². The Morgan fingerprint density at radius 3 is 2.55 bits per heavy atom. The van der Waals surface area contributed by atoms with Crippen molar-refractivity contribution in [3.05, 3.63) is 29.0 Å². The number of aromatic carboxylic acids is 1. The zero-order chi connectivity index (χ0) is 14.1. The van der Waals surface area contributed by atoms with Crippen LogP contribution >= 0.6 is 11.6 Å². The summed E-state index contributed by atoms with van der Waals surface area (Å²) in [6.45, 7) is 1.11. The fraction of sp³-hybridized carbons (Fsp3) is 0.231. The molecule has 0 radical (unpaired) electrons. The van der Waals surface area contributed by atoms with Crippen LogP contribution in [0.4, 0.5) is 0 Å². The molecule has 0 spiro atoms. The van der Waals surface area contributed by atoms with Crippen molar-refractivity contribution in [1.82, 2.24) is 5.16 Å². The molecule has 0 fully saturated rings. The number of ether oxygens (including phenoxy) is 2. The van der Waals surface area contributed by atoms with Gasteiger partial charge in [0.15, 0.2) is 11.5 Å². The Bertz CT molecular complexity index is 667. The van der Waals surface area contributed by atoms with Crippen LogP contribution in [0.25, 0.3) is 11.3 Å². The van der Waals surface area contributed by atoms with Crippen molar-refractivity contribution in [2.45, 2.75) is 6.42 Å². The average molecular weight is 296 g/mol. The fourth-order valence-corrected chi connectivity index (χ4v) is 2.13. The third-order valence-corrected chi connectivity index (χ3v) is 3.15. The zero-order valence-corrected chi connectivity index (χ0v) is 11.0. The fourth-order valence-electron chi connectivity index (χ4n) is 1.88. The van der Waals surface area contributed by atoms with Crippen LogP contribution in [0, 0.1) is 0 Å². The number of halogens is 1. The number of hydrogen-bond acceptors (Lipinski definition) is 5. The molecule has 0 aliphatic carbocycles. The van der Waals surface area contributed by atoms with E-state index < -0.39 is 5.97 Å². The van der Waals surface area contributed by atoms with Gasteiger partial charge in [0.2, 0.25) is 5.76 Å². The number of fused-ring (bicyclic) bond motifs is 1. The maximum absolute atomic E-state index is 10.8. The topological polar surface area (TPSA) is 81.8 Å². The molecule has 1 aromatic heterocycles. The second-order valence-electron chi connectivity index (χ2n) is 4.21. The van der Waals surface area contributed by atoms with Gasteiger partial charge in [0, 0.05) is 24.1 Å². The molecule has 104 valence electrons. The molecule has 0 unspecified atom stereocenters. The molecule has 1 N–H and O–H groups in total. The number of rotatable bonds is 2. The van der Waals surface area contributed by atoms with E-state index >= 15 is 0 Å². The summed E-state index contributed by atoms with van der Waals surface area (Å²) in [4.78, 5) is 10.8. The highest BCUT2D eigenvalue weighted by atomic mass is 35.5. The molecule has 6 nitrogen and oxygen atoms in total. The van der Waals surface area contributed by atoms with E-state index in [1.165, 1.54) is 6.07 Å². The van der Waals surface area contributed by atoms with Gasteiger partial charge in [0.1, 0.15) is 5.69 Å². The number of benzene rings is 1. The number of carboxylic acid groups (broad SMARTS) is 1. The molecule has 0 bridgehead atoms. The summed E-state index contributed by atoms with van der Waals surface area (Å²) < 4.78 is 15.8. The van der Waals surface area contributed by atoms with Crippen molar-refractivity contribution >= 4 is 17.6 Å². The number of carboxylic acids is 1. The molecule has 1 aliphatic rings. The SMILES string of the molecule is O=C(O)c1cc(-c2cc3c(cc2Cl)OCCCO3)no1. The lowest BCUT2D eigenvalue weighted by Crippen LogP contribution is -1.97. The van der Waals surface area contributed by atoms with Crippen LogP contribution < -0.4 is 9.47 Å². The number of aromatic nitrogens is 1. The van der Waals surface area contributed by atoms with Gasteiger partial charge in [-0.3, -0.25) is 0 Å². The van der Waals surface area contributed by atoms with E-state index in [1.54, 1.807) is 12.1 Å². The summed E-state index contributed by atoms with van der Waals surface area (Å²) in [6.07, 6.45) is 0.786. The third-order valence-electron chi connectivity index (χ3n) is 2.83. The minimum Gasteiger partial charge on any atom is -0.490 e. The summed E-state index contributed by atoms with van der Waals surface area (Å²) in [5.41, 5.74) is 0.871. The van der Waals surface area contributed by atoms with Crippen molar-refractivity contribution < 1.29 is 23.9 Å². The Morgan fingerprint density at radius 2 is 1.90 bits per heavy atom. The second-order valence-corrected chi connectivity index (χ2v) is 4.62. The lowest BCUT2D eigenvalue weighted by molar-refractivity contribution is 0.0652. The largest absolute Gasteiger partial charge is 0.490 e. The van der Waals surface area contributed by atoms with Crippen LogP contribution in [0.15, 0.2) is 22.7 Å². The molecule has 0 saturated heterocycles. The minimum atomic E-state index is -1.19. The molecule has 0 saturated carbocycles. The van der Waals surface area contributed by atoms with Gasteiger partial charge in [0.25, 0.3) is 0 Å². The van der Waals surface area contributed by atoms with E-state index in [0.717, 1.165) is 6.42 Å². The summed E-state index contributed by atoms with van der Waals surface area (Å²) >= 11 is 6.17. The Balaban J connectivity index is 2.04. The maximum Gasteiger partial charge on any atom is 0.374 e. The highest BCUT2D eigenvalue weighted by Crippen LogP contribution is 2.39. The van der Waals surface area contributed by atoms with Gasteiger partial charge in [-0.1, -0.05) is 16.8 Å². The molecule has 0 atom stereocenters. The normalized spacial score (nSPS) is 13.8. The Labute approximate surface area is 118 Å². The molecule has 2 heterocycles. The van der Waals surface area contributed by atoms with Gasteiger partial charge in [-0.05, 0) is 6.07 Å². The van der Waals surface area contributed by atoms with Crippen LogP contribution in [-0.4, -0.2) is 29.4 Å². The van der Waals surface area contributed by atoms with E-state index in [1.807, 2.05) is 0 Å². The van der Waals surface area contributed by atoms with Crippen LogP contribution in [0.5, 0.6) is 11.5 Å². The highest BCUT2D eigenvalue weighted by molar-refractivity contribution is 6.33. The Hall–Kier alpha value is -2.21. The summed E-state index contributed by atoms with van der Waals surface area (Å²) in [6, 6.07) is 4.62. The lowest BCUT2D eigenvalue weighted by Gasteiger charge is -2.09. The molecule has 0 amide bonds. The van der Waals surface area contributed by atoms with Crippen LogP contribution in [0.2, 0.25) is 5.02 Å². The quantitative estimate of drug-likeness (QED) is 0.917. The Morgan fingerprint density at radius 1 is 1.20 bits per heavy atom. The van der Waals surface area contributed by atoms with Crippen molar-refractivity contribution in [2.75, 3.05) is 13.2 Å². The summed E-state index contributed by atoms with van der Waals surface area (Å²) in [7, 11) is 0. The smallest absolute Gasteiger partial charge is 0.374 e. The number of hydrogen-bond donors (Lipinski definition) is 1. The van der Waals surface area contributed by atoms with Gasteiger partial charge in [-0.25, -0.2) is 4.79 Å². The van der Waals surface area contributed by atoms with E-state index in [2.05, 4.69) is 5.16 Å². The summed E-state index contributed by atoms with van der Waals surface area (Å²) in [5.74, 6) is -0.308. The minimum absolute atomic E-state index is 0.247. The van der Waals surface area contributed by atoms with Gasteiger partial charge in [-0.15, -0.1) is 0 Å². The predicted molar refractivity (Wildman–Crippen MR) is 69.5 cm³/mol.